The average molecular weight is 543 g/mol. The highest BCUT2D eigenvalue weighted by molar-refractivity contribution is 7.98. The summed E-state index contributed by atoms with van der Waals surface area (Å²) in [6.07, 6.45) is -3.17. The number of aliphatic carboxylic acids is 1. The minimum absolute atomic E-state index is 0.0699. The molecular weight excluding hydrogens is 517 g/mol. The highest BCUT2D eigenvalue weighted by Crippen LogP contribution is 2.29. The number of halogens is 3. The van der Waals surface area contributed by atoms with Gasteiger partial charge in [0.05, 0.1) is 5.56 Å². The minimum Gasteiger partial charge on any atom is -0.480 e. The molecule has 0 heterocycles. The van der Waals surface area contributed by atoms with Crippen molar-refractivity contribution in [1.82, 2.24) is 10.6 Å². The van der Waals surface area contributed by atoms with Gasteiger partial charge in [0.1, 0.15) is 11.7 Å². The van der Waals surface area contributed by atoms with Crippen LogP contribution in [0.2, 0.25) is 0 Å². The Kier molecular flexibility index (Phi) is 9.72. The van der Waals surface area contributed by atoms with Gasteiger partial charge in [-0.05, 0) is 54.0 Å². The SMILES string of the molecule is Cc1ccccc1C=C(NC(=O)c1ccc(C(F)(F)F)cc1)C(=O)N[C@@H](CSCc1ccccc1)C(=O)O. The van der Waals surface area contributed by atoms with Crippen LogP contribution in [-0.4, -0.2) is 34.7 Å². The fraction of sp³-hybridized carbons (Fsp3) is 0.179. The second-order valence-corrected chi connectivity index (χ2v) is 9.34. The molecule has 0 unspecified atom stereocenters. The lowest BCUT2D eigenvalue weighted by Gasteiger charge is -2.17. The average Bonchev–Trinajstić information content (AvgIpc) is 2.89. The zero-order valence-corrected chi connectivity index (χ0v) is 21.1. The minimum atomic E-state index is -4.56. The van der Waals surface area contributed by atoms with Crippen molar-refractivity contribution in [1.29, 1.82) is 0 Å². The number of thioether (sulfide) groups is 1. The Balaban J connectivity index is 1.79. The van der Waals surface area contributed by atoms with Crippen molar-refractivity contribution >= 4 is 35.6 Å². The van der Waals surface area contributed by atoms with Crippen LogP contribution in [0, 0.1) is 6.92 Å². The molecule has 1 atom stereocenters. The zero-order chi connectivity index (χ0) is 27.7. The van der Waals surface area contributed by atoms with E-state index in [1.54, 1.807) is 31.2 Å². The standard InChI is InChI=1S/C28H25F3N2O4S/c1-18-7-5-6-10-21(18)15-23(32-25(34)20-11-13-22(14-12-20)28(29,30)31)26(35)33-24(27(36)37)17-38-16-19-8-3-2-4-9-19/h2-15,24H,16-17H2,1H3,(H,32,34)(H,33,35)(H,36,37)/t24-/m0/s1. The van der Waals surface area contributed by atoms with Gasteiger partial charge in [0.25, 0.3) is 11.8 Å². The molecule has 0 saturated carbocycles. The summed E-state index contributed by atoms with van der Waals surface area (Å²) in [5.74, 6) is -2.30. The number of hydrogen-bond donors (Lipinski definition) is 3. The molecule has 0 spiro atoms. The van der Waals surface area contributed by atoms with E-state index in [2.05, 4.69) is 10.6 Å². The molecule has 3 aromatic rings. The van der Waals surface area contributed by atoms with Crippen molar-refractivity contribution in [3.8, 4) is 0 Å². The van der Waals surface area contributed by atoms with Gasteiger partial charge in [0, 0.05) is 17.1 Å². The first-order valence-corrected chi connectivity index (χ1v) is 12.6. The highest BCUT2D eigenvalue weighted by Gasteiger charge is 2.30. The molecule has 3 N–H and O–H groups in total. The van der Waals surface area contributed by atoms with Crippen LogP contribution in [0.15, 0.2) is 84.6 Å². The number of carbonyl (C=O) groups excluding carboxylic acids is 2. The maximum absolute atomic E-state index is 13.1. The fourth-order valence-electron chi connectivity index (χ4n) is 3.35. The van der Waals surface area contributed by atoms with Crippen molar-refractivity contribution < 1.29 is 32.7 Å². The number of amides is 2. The Morgan fingerprint density at radius 2 is 1.58 bits per heavy atom. The van der Waals surface area contributed by atoms with Crippen molar-refractivity contribution in [2.45, 2.75) is 24.9 Å². The smallest absolute Gasteiger partial charge is 0.416 e. The van der Waals surface area contributed by atoms with E-state index in [1.165, 1.54) is 17.8 Å². The maximum atomic E-state index is 13.1. The molecular formula is C28H25F3N2O4S. The van der Waals surface area contributed by atoms with E-state index in [0.29, 0.717) is 11.3 Å². The summed E-state index contributed by atoms with van der Waals surface area (Å²) in [5.41, 5.74) is 1.11. The summed E-state index contributed by atoms with van der Waals surface area (Å²) in [6.45, 7) is 1.79. The lowest BCUT2D eigenvalue weighted by molar-refractivity contribution is -0.140. The van der Waals surface area contributed by atoms with E-state index in [0.717, 1.165) is 35.4 Å². The summed E-state index contributed by atoms with van der Waals surface area (Å²) in [7, 11) is 0. The quantitative estimate of drug-likeness (QED) is 0.303. The summed E-state index contributed by atoms with van der Waals surface area (Å²) in [6, 6.07) is 18.7. The van der Waals surface area contributed by atoms with Gasteiger partial charge in [0.15, 0.2) is 0 Å². The van der Waals surface area contributed by atoms with Crippen LogP contribution < -0.4 is 10.6 Å². The van der Waals surface area contributed by atoms with Gasteiger partial charge in [-0.15, -0.1) is 0 Å². The lowest BCUT2D eigenvalue weighted by atomic mass is 10.1. The Morgan fingerprint density at radius 1 is 0.947 bits per heavy atom. The molecule has 2 amide bonds. The predicted octanol–water partition coefficient (Wildman–Crippen LogP) is 5.29. The van der Waals surface area contributed by atoms with Gasteiger partial charge >= 0.3 is 12.1 Å². The van der Waals surface area contributed by atoms with Crippen molar-refractivity contribution in [3.63, 3.8) is 0 Å². The Hall–Kier alpha value is -4.05. The molecule has 38 heavy (non-hydrogen) atoms. The number of carbonyl (C=O) groups is 3. The Bertz CT molecular complexity index is 1310. The number of rotatable bonds is 10. The summed E-state index contributed by atoms with van der Waals surface area (Å²) in [5, 5.41) is 14.5. The highest BCUT2D eigenvalue weighted by atomic mass is 32.2. The second kappa shape index (κ2) is 13.0. The van der Waals surface area contributed by atoms with E-state index in [-0.39, 0.29) is 17.0 Å². The van der Waals surface area contributed by atoms with Crippen molar-refractivity contribution in [2.75, 3.05) is 5.75 Å². The molecule has 0 fully saturated rings. The molecule has 0 radical (unpaired) electrons. The molecule has 0 saturated heterocycles. The summed E-state index contributed by atoms with van der Waals surface area (Å²) < 4.78 is 38.6. The van der Waals surface area contributed by atoms with Crippen LogP contribution >= 0.6 is 11.8 Å². The molecule has 0 aliphatic carbocycles. The number of carboxylic acid groups (broad SMARTS) is 1. The first kappa shape index (κ1) is 28.5. The number of carboxylic acids is 1. The van der Waals surface area contributed by atoms with Gasteiger partial charge < -0.3 is 15.7 Å². The third-order valence-electron chi connectivity index (χ3n) is 5.46. The van der Waals surface area contributed by atoms with Gasteiger partial charge in [-0.3, -0.25) is 9.59 Å². The third kappa shape index (κ3) is 8.24. The number of alkyl halides is 3. The molecule has 3 aromatic carbocycles. The monoisotopic (exact) mass is 542 g/mol. The van der Waals surface area contributed by atoms with Crippen LogP contribution in [0.3, 0.4) is 0 Å². The summed E-state index contributed by atoms with van der Waals surface area (Å²) >= 11 is 1.32. The first-order valence-electron chi connectivity index (χ1n) is 11.5. The lowest BCUT2D eigenvalue weighted by Crippen LogP contribution is -2.45. The zero-order valence-electron chi connectivity index (χ0n) is 20.3. The van der Waals surface area contributed by atoms with E-state index < -0.39 is 35.6 Å². The fourth-order valence-corrected chi connectivity index (χ4v) is 4.35. The molecule has 198 valence electrons. The molecule has 6 nitrogen and oxygen atoms in total. The van der Waals surface area contributed by atoms with Crippen LogP contribution in [-0.2, 0) is 21.5 Å². The van der Waals surface area contributed by atoms with Gasteiger partial charge in [-0.2, -0.15) is 24.9 Å². The van der Waals surface area contributed by atoms with Gasteiger partial charge in [0.2, 0.25) is 0 Å². The van der Waals surface area contributed by atoms with Crippen LogP contribution in [0.25, 0.3) is 6.08 Å². The number of aryl methyl sites for hydroxylation is 1. The Labute approximate surface area is 222 Å². The van der Waals surface area contributed by atoms with Gasteiger partial charge in [-0.25, -0.2) is 4.79 Å². The number of benzene rings is 3. The molecule has 10 heteroatoms. The largest absolute Gasteiger partial charge is 0.480 e. The summed E-state index contributed by atoms with van der Waals surface area (Å²) in [4.78, 5) is 37.8. The van der Waals surface area contributed by atoms with Crippen LogP contribution in [0.1, 0.15) is 32.6 Å². The van der Waals surface area contributed by atoms with Crippen LogP contribution in [0.5, 0.6) is 0 Å². The van der Waals surface area contributed by atoms with E-state index in [9.17, 15) is 32.7 Å². The molecule has 0 aliphatic rings. The number of nitrogens with one attached hydrogen (secondary N) is 2. The molecule has 0 aromatic heterocycles. The molecule has 0 aliphatic heterocycles. The third-order valence-corrected chi connectivity index (χ3v) is 6.56. The van der Waals surface area contributed by atoms with Crippen LogP contribution in [0.4, 0.5) is 13.2 Å². The van der Waals surface area contributed by atoms with Crippen molar-refractivity contribution in [2.24, 2.45) is 0 Å². The molecule has 3 rings (SSSR count). The number of hydrogen-bond acceptors (Lipinski definition) is 4. The molecule has 0 bridgehead atoms. The first-order chi connectivity index (χ1) is 18.0. The van der Waals surface area contributed by atoms with E-state index in [4.69, 9.17) is 0 Å². The van der Waals surface area contributed by atoms with Crippen molar-refractivity contribution in [3.05, 3.63) is 112 Å². The maximum Gasteiger partial charge on any atom is 0.416 e. The topological polar surface area (TPSA) is 95.5 Å². The predicted molar refractivity (Wildman–Crippen MR) is 140 cm³/mol. The second-order valence-electron chi connectivity index (χ2n) is 8.31. The normalized spacial score (nSPS) is 12.5. The van der Waals surface area contributed by atoms with Gasteiger partial charge in [-0.1, -0.05) is 54.6 Å². The van der Waals surface area contributed by atoms with E-state index in [1.807, 2.05) is 30.3 Å². The Morgan fingerprint density at radius 3 is 2.18 bits per heavy atom. The van der Waals surface area contributed by atoms with E-state index >= 15 is 0 Å².